The Morgan fingerprint density at radius 1 is 1.35 bits per heavy atom. The molecule has 2 unspecified atom stereocenters. The van der Waals surface area contributed by atoms with Gasteiger partial charge in [0.05, 0.1) is 11.9 Å². The molecular weight excluding hydrogens is 281 g/mol. The van der Waals surface area contributed by atoms with Gasteiger partial charge in [-0.25, -0.2) is 17.5 Å². The zero-order chi connectivity index (χ0) is 14.8. The topological polar surface area (TPSA) is 66.4 Å². The standard InChI is InChI=1S/C14H20FNO3S/c1-10(14(17)12-5-7-13(15)8-6-12)16-20(18,19)9-11-3-2-4-11/h5-8,10-11,14,16-17H,2-4,9H2,1H3. The van der Waals surface area contributed by atoms with E-state index in [2.05, 4.69) is 4.72 Å². The van der Waals surface area contributed by atoms with Crippen LogP contribution in [0, 0.1) is 11.7 Å². The molecule has 4 nitrogen and oxygen atoms in total. The van der Waals surface area contributed by atoms with Gasteiger partial charge in [-0.1, -0.05) is 18.6 Å². The largest absolute Gasteiger partial charge is 0.387 e. The van der Waals surface area contributed by atoms with Crippen molar-refractivity contribution in [2.75, 3.05) is 5.75 Å². The van der Waals surface area contributed by atoms with Crippen molar-refractivity contribution in [3.63, 3.8) is 0 Å². The van der Waals surface area contributed by atoms with Gasteiger partial charge in [0.25, 0.3) is 0 Å². The maximum absolute atomic E-state index is 12.8. The third kappa shape index (κ3) is 4.01. The first-order valence-corrected chi connectivity index (χ1v) is 8.46. The van der Waals surface area contributed by atoms with Crippen LogP contribution in [-0.4, -0.2) is 25.3 Å². The molecule has 1 fully saturated rings. The summed E-state index contributed by atoms with van der Waals surface area (Å²) in [6.45, 7) is 1.60. The van der Waals surface area contributed by atoms with Gasteiger partial charge in [0.2, 0.25) is 10.0 Å². The fourth-order valence-electron chi connectivity index (χ4n) is 2.31. The van der Waals surface area contributed by atoms with Crippen LogP contribution in [0.25, 0.3) is 0 Å². The smallest absolute Gasteiger partial charge is 0.212 e. The van der Waals surface area contributed by atoms with E-state index in [0.717, 1.165) is 19.3 Å². The minimum Gasteiger partial charge on any atom is -0.387 e. The minimum atomic E-state index is -3.39. The van der Waals surface area contributed by atoms with Gasteiger partial charge < -0.3 is 5.11 Å². The number of nitrogens with one attached hydrogen (secondary N) is 1. The molecule has 6 heteroatoms. The Kier molecular flexibility index (Phi) is 4.78. The number of aliphatic hydroxyl groups excluding tert-OH is 1. The number of aliphatic hydroxyl groups is 1. The molecule has 20 heavy (non-hydrogen) atoms. The van der Waals surface area contributed by atoms with E-state index in [9.17, 15) is 17.9 Å². The third-order valence-electron chi connectivity index (χ3n) is 3.73. The average Bonchev–Trinajstić information content (AvgIpc) is 2.34. The Balaban J connectivity index is 1.95. The maximum Gasteiger partial charge on any atom is 0.212 e. The van der Waals surface area contributed by atoms with Crippen molar-refractivity contribution < 1.29 is 17.9 Å². The highest BCUT2D eigenvalue weighted by Gasteiger charge is 2.27. The number of hydrogen-bond acceptors (Lipinski definition) is 3. The molecule has 0 aromatic heterocycles. The molecular formula is C14H20FNO3S. The van der Waals surface area contributed by atoms with Crippen LogP contribution in [0.4, 0.5) is 4.39 Å². The van der Waals surface area contributed by atoms with Gasteiger partial charge in [0.1, 0.15) is 5.82 Å². The highest BCUT2D eigenvalue weighted by molar-refractivity contribution is 7.89. The first-order valence-electron chi connectivity index (χ1n) is 6.81. The first kappa shape index (κ1) is 15.4. The van der Waals surface area contributed by atoms with Gasteiger partial charge in [-0.15, -0.1) is 0 Å². The SMILES string of the molecule is CC(NS(=O)(=O)CC1CCC1)C(O)c1ccc(F)cc1. The Morgan fingerprint density at radius 2 is 1.95 bits per heavy atom. The van der Waals surface area contributed by atoms with E-state index in [1.807, 2.05) is 0 Å². The predicted octanol–water partition coefficient (Wildman–Crippen LogP) is 1.97. The molecule has 2 N–H and O–H groups in total. The van der Waals surface area contributed by atoms with Crippen LogP contribution in [0.3, 0.4) is 0 Å². The summed E-state index contributed by atoms with van der Waals surface area (Å²) >= 11 is 0. The zero-order valence-electron chi connectivity index (χ0n) is 11.4. The Hall–Kier alpha value is -0.980. The van der Waals surface area contributed by atoms with Gasteiger partial charge in [-0.05, 0) is 43.4 Å². The van der Waals surface area contributed by atoms with E-state index < -0.39 is 22.2 Å². The summed E-state index contributed by atoms with van der Waals surface area (Å²) < 4.78 is 39.2. The van der Waals surface area contributed by atoms with Gasteiger partial charge >= 0.3 is 0 Å². The Morgan fingerprint density at radius 3 is 2.45 bits per heavy atom. The van der Waals surface area contributed by atoms with Crippen molar-refractivity contribution >= 4 is 10.0 Å². The molecule has 1 aliphatic carbocycles. The van der Waals surface area contributed by atoms with Crippen molar-refractivity contribution in [1.82, 2.24) is 4.72 Å². The van der Waals surface area contributed by atoms with Crippen LogP contribution in [0.5, 0.6) is 0 Å². The van der Waals surface area contributed by atoms with Crippen LogP contribution < -0.4 is 4.72 Å². The van der Waals surface area contributed by atoms with E-state index >= 15 is 0 Å². The van der Waals surface area contributed by atoms with E-state index in [-0.39, 0.29) is 17.5 Å². The summed E-state index contributed by atoms with van der Waals surface area (Å²) in [5.74, 6) is -0.0326. The second-order valence-electron chi connectivity index (χ2n) is 5.48. The van der Waals surface area contributed by atoms with Crippen molar-refractivity contribution in [1.29, 1.82) is 0 Å². The van der Waals surface area contributed by atoms with Crippen LogP contribution in [0.2, 0.25) is 0 Å². The fraction of sp³-hybridized carbons (Fsp3) is 0.571. The summed E-state index contributed by atoms with van der Waals surface area (Å²) in [5.41, 5.74) is 0.491. The summed E-state index contributed by atoms with van der Waals surface area (Å²) in [6.07, 6.45) is 2.01. The molecule has 1 aromatic carbocycles. The second-order valence-corrected chi connectivity index (χ2v) is 7.28. The predicted molar refractivity (Wildman–Crippen MR) is 75.1 cm³/mol. The molecule has 1 aromatic rings. The highest BCUT2D eigenvalue weighted by Crippen LogP contribution is 2.27. The monoisotopic (exact) mass is 301 g/mol. The van der Waals surface area contributed by atoms with E-state index in [4.69, 9.17) is 0 Å². The van der Waals surface area contributed by atoms with E-state index in [0.29, 0.717) is 5.56 Å². The molecule has 1 saturated carbocycles. The molecule has 0 spiro atoms. The van der Waals surface area contributed by atoms with Crippen molar-refractivity contribution in [2.24, 2.45) is 5.92 Å². The number of rotatable bonds is 6. The molecule has 0 saturated heterocycles. The lowest BCUT2D eigenvalue weighted by molar-refractivity contribution is 0.146. The normalized spacial score (nSPS) is 19.4. The van der Waals surface area contributed by atoms with E-state index in [1.54, 1.807) is 6.92 Å². The molecule has 2 atom stereocenters. The lowest BCUT2D eigenvalue weighted by Crippen LogP contribution is -2.40. The summed E-state index contributed by atoms with van der Waals surface area (Å²) in [6, 6.07) is 4.75. The van der Waals surface area contributed by atoms with Crippen LogP contribution >= 0.6 is 0 Å². The lowest BCUT2D eigenvalue weighted by Gasteiger charge is -2.27. The van der Waals surface area contributed by atoms with Gasteiger partial charge in [-0.2, -0.15) is 0 Å². The molecule has 112 valence electrons. The second kappa shape index (κ2) is 6.20. The zero-order valence-corrected chi connectivity index (χ0v) is 12.2. The number of sulfonamides is 1. The van der Waals surface area contributed by atoms with E-state index in [1.165, 1.54) is 24.3 Å². The van der Waals surface area contributed by atoms with Crippen LogP contribution in [0.1, 0.15) is 37.9 Å². The van der Waals surface area contributed by atoms with Gasteiger partial charge in [0.15, 0.2) is 0 Å². The molecule has 0 radical (unpaired) electrons. The molecule has 2 rings (SSSR count). The summed E-state index contributed by atoms with van der Waals surface area (Å²) in [5, 5.41) is 10.1. The van der Waals surface area contributed by atoms with Crippen molar-refractivity contribution in [3.8, 4) is 0 Å². The fourth-order valence-corrected chi connectivity index (χ4v) is 4.06. The molecule has 1 aliphatic rings. The number of hydrogen-bond donors (Lipinski definition) is 2. The number of benzene rings is 1. The van der Waals surface area contributed by atoms with Gasteiger partial charge in [-0.3, -0.25) is 0 Å². The average molecular weight is 301 g/mol. The number of halogens is 1. The summed E-state index contributed by atoms with van der Waals surface area (Å²) in [7, 11) is -3.39. The minimum absolute atomic E-state index is 0.119. The molecule has 0 bridgehead atoms. The van der Waals surface area contributed by atoms with Crippen molar-refractivity contribution in [3.05, 3.63) is 35.6 Å². The Labute approximate surface area is 119 Å². The quantitative estimate of drug-likeness (QED) is 0.844. The maximum atomic E-state index is 12.8. The molecule has 0 heterocycles. The summed E-state index contributed by atoms with van der Waals surface area (Å²) in [4.78, 5) is 0. The van der Waals surface area contributed by atoms with Crippen LogP contribution in [-0.2, 0) is 10.0 Å². The van der Waals surface area contributed by atoms with Crippen LogP contribution in [0.15, 0.2) is 24.3 Å². The van der Waals surface area contributed by atoms with Crippen molar-refractivity contribution in [2.45, 2.75) is 38.3 Å². The highest BCUT2D eigenvalue weighted by atomic mass is 32.2. The third-order valence-corrected chi connectivity index (χ3v) is 5.37. The molecule has 0 aliphatic heterocycles. The van der Waals surface area contributed by atoms with Gasteiger partial charge in [0, 0.05) is 6.04 Å². The first-order chi connectivity index (χ1) is 9.37. The molecule has 0 amide bonds. The lowest BCUT2D eigenvalue weighted by atomic mass is 9.87. The Bertz CT molecular complexity index is 540.